The van der Waals surface area contributed by atoms with Gasteiger partial charge in [-0.15, -0.1) is 5.10 Å². The highest BCUT2D eigenvalue weighted by atomic mass is 15.3. The number of aromatic amines is 2. The van der Waals surface area contributed by atoms with Gasteiger partial charge in [0.1, 0.15) is 0 Å². The summed E-state index contributed by atoms with van der Waals surface area (Å²) in [6.45, 7) is 1.97. The molecule has 0 amide bonds. The van der Waals surface area contributed by atoms with Crippen LogP contribution in [-0.2, 0) is 0 Å². The maximum absolute atomic E-state index is 5.36. The Bertz CT molecular complexity index is 362. The van der Waals surface area contributed by atoms with Crippen LogP contribution in [0.5, 0.6) is 0 Å². The molecule has 0 saturated carbocycles. The highest BCUT2D eigenvalue weighted by Gasteiger charge is 2.00. The van der Waals surface area contributed by atoms with E-state index in [9.17, 15) is 0 Å². The molecule has 6 nitrogen and oxygen atoms in total. The van der Waals surface area contributed by atoms with Crippen molar-refractivity contribution in [3.8, 4) is 0 Å². The van der Waals surface area contributed by atoms with Crippen LogP contribution in [0.3, 0.4) is 0 Å². The Kier molecular flexibility index (Phi) is 1.66. The van der Waals surface area contributed by atoms with Crippen LogP contribution in [0, 0.1) is 6.92 Å². The van der Waals surface area contributed by atoms with Crippen LogP contribution in [0.4, 0.5) is 17.6 Å². The van der Waals surface area contributed by atoms with E-state index in [0.29, 0.717) is 11.9 Å². The molecule has 2 heterocycles. The normalized spacial score (nSPS) is 10.2. The van der Waals surface area contributed by atoms with Crippen molar-refractivity contribution in [2.45, 2.75) is 6.92 Å². The van der Waals surface area contributed by atoms with Gasteiger partial charge in [0.25, 0.3) is 0 Å². The molecular weight excluding hydrogens is 168 g/mol. The maximum atomic E-state index is 5.36. The van der Waals surface area contributed by atoms with E-state index in [2.05, 4.69) is 25.5 Å². The summed E-state index contributed by atoms with van der Waals surface area (Å²) in [5, 5.41) is 9.35. The fraction of sp³-hybridized carbons (Fsp3) is 0.143. The molecule has 2 aromatic rings. The molecule has 13 heavy (non-hydrogen) atoms. The van der Waals surface area contributed by atoms with Crippen molar-refractivity contribution in [2.24, 2.45) is 0 Å². The number of aromatic nitrogens is 4. The Morgan fingerprint density at radius 2 is 2.38 bits per heavy atom. The van der Waals surface area contributed by atoms with Gasteiger partial charge in [-0.3, -0.25) is 0 Å². The Labute approximate surface area is 74.6 Å². The molecule has 0 aromatic carbocycles. The number of H-pyrrole nitrogens is 2. The van der Waals surface area contributed by atoms with Gasteiger partial charge in [-0.1, -0.05) is 0 Å². The second-order valence-electron chi connectivity index (χ2n) is 2.74. The predicted octanol–water partition coefficient (Wildman–Crippen LogP) is 0.767. The zero-order valence-corrected chi connectivity index (χ0v) is 7.13. The van der Waals surface area contributed by atoms with Gasteiger partial charge in [-0.05, 0) is 13.0 Å². The standard InChI is InChI=1S/C7H10N6/c1-4-2-5(3-9-4)10-7-11-6(8)12-13-7/h2-3,9H,1H3,(H4,8,10,11,12,13). The van der Waals surface area contributed by atoms with Gasteiger partial charge in [0.15, 0.2) is 0 Å². The largest absolute Gasteiger partial charge is 0.368 e. The van der Waals surface area contributed by atoms with Gasteiger partial charge in [-0.25, -0.2) is 5.10 Å². The number of nitrogens with one attached hydrogen (secondary N) is 3. The monoisotopic (exact) mass is 178 g/mol. The van der Waals surface area contributed by atoms with Gasteiger partial charge >= 0.3 is 0 Å². The molecule has 2 rings (SSSR count). The molecule has 0 saturated heterocycles. The second-order valence-corrected chi connectivity index (χ2v) is 2.74. The molecule has 68 valence electrons. The SMILES string of the molecule is Cc1cc(Nc2n[nH]c(N)n2)c[nH]1. The lowest BCUT2D eigenvalue weighted by molar-refractivity contribution is 1.10. The van der Waals surface area contributed by atoms with E-state index < -0.39 is 0 Å². The van der Waals surface area contributed by atoms with Crippen LogP contribution in [0.1, 0.15) is 5.69 Å². The zero-order chi connectivity index (χ0) is 9.26. The van der Waals surface area contributed by atoms with Gasteiger partial charge in [-0.2, -0.15) is 4.98 Å². The third kappa shape index (κ3) is 1.61. The number of nitrogens with zero attached hydrogens (tertiary/aromatic N) is 2. The third-order valence-electron chi connectivity index (χ3n) is 1.59. The summed E-state index contributed by atoms with van der Waals surface area (Å²) >= 11 is 0. The number of nitrogens with two attached hydrogens (primary N) is 1. The first-order chi connectivity index (χ1) is 6.24. The smallest absolute Gasteiger partial charge is 0.248 e. The molecule has 0 aliphatic heterocycles. The van der Waals surface area contributed by atoms with Crippen molar-refractivity contribution in [1.29, 1.82) is 0 Å². The van der Waals surface area contributed by atoms with Crippen molar-refractivity contribution in [2.75, 3.05) is 11.1 Å². The van der Waals surface area contributed by atoms with E-state index in [4.69, 9.17) is 5.73 Å². The minimum atomic E-state index is 0.301. The van der Waals surface area contributed by atoms with Gasteiger partial charge in [0.05, 0.1) is 5.69 Å². The second kappa shape index (κ2) is 2.81. The van der Waals surface area contributed by atoms with Gasteiger partial charge in [0, 0.05) is 11.9 Å². The van der Waals surface area contributed by atoms with Crippen LogP contribution in [-0.4, -0.2) is 20.2 Å². The molecule has 0 radical (unpaired) electrons. The number of hydrogen-bond donors (Lipinski definition) is 4. The van der Waals surface area contributed by atoms with E-state index >= 15 is 0 Å². The fourth-order valence-electron chi connectivity index (χ4n) is 1.04. The summed E-state index contributed by atoms with van der Waals surface area (Å²) < 4.78 is 0. The Morgan fingerprint density at radius 1 is 1.54 bits per heavy atom. The molecule has 2 aromatic heterocycles. The molecule has 0 bridgehead atoms. The summed E-state index contributed by atoms with van der Waals surface area (Å²) in [6, 6.07) is 1.95. The van der Waals surface area contributed by atoms with Gasteiger partial charge < -0.3 is 16.0 Å². The molecule has 5 N–H and O–H groups in total. The zero-order valence-electron chi connectivity index (χ0n) is 7.13. The van der Waals surface area contributed by atoms with E-state index in [1.807, 2.05) is 19.2 Å². The first-order valence-electron chi connectivity index (χ1n) is 3.84. The summed E-state index contributed by atoms with van der Waals surface area (Å²) in [5.74, 6) is 0.770. The van der Waals surface area contributed by atoms with Crippen molar-refractivity contribution < 1.29 is 0 Å². The molecular formula is C7H10N6. The van der Waals surface area contributed by atoms with E-state index in [1.165, 1.54) is 0 Å². The molecule has 0 fully saturated rings. The van der Waals surface area contributed by atoms with Crippen LogP contribution >= 0.6 is 0 Å². The van der Waals surface area contributed by atoms with E-state index in [0.717, 1.165) is 11.4 Å². The average Bonchev–Trinajstić information content (AvgIpc) is 2.62. The average molecular weight is 178 g/mol. The van der Waals surface area contributed by atoms with Crippen molar-refractivity contribution in [3.63, 3.8) is 0 Å². The first kappa shape index (κ1) is 7.66. The fourth-order valence-corrected chi connectivity index (χ4v) is 1.04. The molecule has 0 spiro atoms. The van der Waals surface area contributed by atoms with Gasteiger partial charge in [0.2, 0.25) is 11.9 Å². The Balaban J connectivity index is 2.14. The summed E-state index contributed by atoms with van der Waals surface area (Å²) in [4.78, 5) is 6.94. The van der Waals surface area contributed by atoms with Crippen molar-refractivity contribution in [3.05, 3.63) is 18.0 Å². The number of hydrogen-bond acceptors (Lipinski definition) is 4. The molecule has 0 aliphatic carbocycles. The van der Waals surface area contributed by atoms with Crippen molar-refractivity contribution >= 4 is 17.6 Å². The summed E-state index contributed by atoms with van der Waals surface area (Å²) in [7, 11) is 0. The van der Waals surface area contributed by atoms with Crippen LogP contribution in [0.15, 0.2) is 12.3 Å². The van der Waals surface area contributed by atoms with E-state index in [1.54, 1.807) is 0 Å². The Morgan fingerprint density at radius 3 is 2.92 bits per heavy atom. The number of nitrogen functional groups attached to an aromatic ring is 1. The summed E-state index contributed by atoms with van der Waals surface area (Å²) in [5.41, 5.74) is 7.35. The van der Waals surface area contributed by atoms with Crippen molar-refractivity contribution in [1.82, 2.24) is 20.2 Å². The number of rotatable bonds is 2. The molecule has 0 unspecified atom stereocenters. The lowest BCUT2D eigenvalue weighted by Crippen LogP contribution is -1.90. The van der Waals surface area contributed by atoms with E-state index in [-0.39, 0.29) is 0 Å². The quantitative estimate of drug-likeness (QED) is 0.546. The number of aryl methyl sites for hydroxylation is 1. The summed E-state index contributed by atoms with van der Waals surface area (Å²) in [6.07, 6.45) is 1.84. The highest BCUT2D eigenvalue weighted by Crippen LogP contribution is 2.13. The van der Waals surface area contributed by atoms with Crippen LogP contribution in [0.25, 0.3) is 0 Å². The predicted molar refractivity (Wildman–Crippen MR) is 49.6 cm³/mol. The third-order valence-corrected chi connectivity index (χ3v) is 1.59. The molecule has 0 atom stereocenters. The minimum Gasteiger partial charge on any atom is -0.368 e. The topological polar surface area (TPSA) is 95.4 Å². The highest BCUT2D eigenvalue weighted by molar-refractivity contribution is 5.53. The lowest BCUT2D eigenvalue weighted by Gasteiger charge is -1.93. The minimum absolute atomic E-state index is 0.301. The lowest BCUT2D eigenvalue weighted by atomic mass is 10.4. The van der Waals surface area contributed by atoms with Crippen LogP contribution < -0.4 is 11.1 Å². The molecule has 6 heteroatoms. The number of anilines is 3. The Hall–Kier alpha value is -1.98. The first-order valence-corrected chi connectivity index (χ1v) is 3.84. The maximum Gasteiger partial charge on any atom is 0.248 e. The van der Waals surface area contributed by atoms with Crippen LogP contribution in [0.2, 0.25) is 0 Å². The molecule has 0 aliphatic rings.